The molecule has 0 spiro atoms. The molecule has 1 aliphatic heterocycles. The van der Waals surface area contributed by atoms with Crippen LogP contribution in [0.5, 0.6) is 5.75 Å². The Bertz CT molecular complexity index is 976. The van der Waals surface area contributed by atoms with Gasteiger partial charge in [0.1, 0.15) is 11.4 Å². The Morgan fingerprint density at radius 3 is 2.96 bits per heavy atom. The van der Waals surface area contributed by atoms with E-state index < -0.39 is 0 Å². The van der Waals surface area contributed by atoms with Crippen molar-refractivity contribution in [3.8, 4) is 17.0 Å². The van der Waals surface area contributed by atoms with Gasteiger partial charge < -0.3 is 15.5 Å². The fraction of sp³-hybridized carbons (Fsp3) is 0.400. The molecule has 0 radical (unpaired) electrons. The summed E-state index contributed by atoms with van der Waals surface area (Å²) < 4.78 is 2.78. The Morgan fingerprint density at radius 2 is 2.18 bits per heavy atom. The first-order valence-corrected chi connectivity index (χ1v) is 10.3. The first-order valence-electron chi connectivity index (χ1n) is 9.51. The molecule has 2 aromatic heterocycles. The predicted molar refractivity (Wildman–Crippen MR) is 113 cm³/mol. The summed E-state index contributed by atoms with van der Waals surface area (Å²) in [7, 11) is 0. The number of halogens is 1. The van der Waals surface area contributed by atoms with Crippen LogP contribution in [0.15, 0.2) is 41.0 Å². The molecule has 1 unspecified atom stereocenters. The summed E-state index contributed by atoms with van der Waals surface area (Å²) in [5.41, 5.74) is 2.16. The van der Waals surface area contributed by atoms with E-state index in [0.29, 0.717) is 17.2 Å². The zero-order valence-corrected chi connectivity index (χ0v) is 17.3. The van der Waals surface area contributed by atoms with Gasteiger partial charge in [0.05, 0.1) is 12.1 Å². The number of likely N-dealkylation sites (tertiary alicyclic amines) is 1. The number of hydrogen-bond donors (Lipinski definition) is 3. The number of phenolic OH excluding ortho intramolecular Hbond substituents is 1. The number of aliphatic hydroxyl groups excluding tert-OH is 1. The molecular weight excluding hydrogens is 422 g/mol. The monoisotopic (exact) mass is 445 g/mol. The first kappa shape index (κ1) is 19.2. The summed E-state index contributed by atoms with van der Waals surface area (Å²) in [6.07, 6.45) is 4.08. The second-order valence-corrected chi connectivity index (χ2v) is 8.22. The Morgan fingerprint density at radius 1 is 1.32 bits per heavy atom. The second-order valence-electron chi connectivity index (χ2n) is 7.31. The van der Waals surface area contributed by atoms with Crippen molar-refractivity contribution in [2.24, 2.45) is 0 Å². The Hall–Kier alpha value is -2.16. The van der Waals surface area contributed by atoms with Crippen molar-refractivity contribution >= 4 is 27.4 Å². The SMILES string of the molecule is CC(CO)N1CCC[C@H](Nc2nnc(-c3ccc(Br)cc3O)c3cccn23)C1. The molecule has 7 nitrogen and oxygen atoms in total. The topological polar surface area (TPSA) is 85.9 Å². The maximum atomic E-state index is 10.3. The molecule has 3 aromatic rings. The van der Waals surface area contributed by atoms with Gasteiger partial charge in [-0.05, 0) is 56.6 Å². The number of aromatic hydroxyl groups is 1. The number of hydrogen-bond acceptors (Lipinski definition) is 6. The fourth-order valence-electron chi connectivity index (χ4n) is 3.77. The standard InChI is InChI=1S/C20H24BrN5O2/c1-13(12-27)25-8-2-4-15(11-25)22-20-24-23-19(17-5-3-9-26(17)20)16-7-6-14(21)10-18(16)28/h3,5-7,9-10,13,15,27-28H,2,4,8,11-12H2,1H3,(H,22,24)/t13?,15-/m0/s1. The van der Waals surface area contributed by atoms with Gasteiger partial charge in [-0.3, -0.25) is 9.30 Å². The molecule has 1 aliphatic rings. The zero-order chi connectivity index (χ0) is 19.7. The zero-order valence-electron chi connectivity index (χ0n) is 15.7. The number of fused-ring (bicyclic) bond motifs is 1. The third kappa shape index (κ3) is 3.72. The number of phenols is 1. The van der Waals surface area contributed by atoms with Gasteiger partial charge in [0.15, 0.2) is 0 Å². The van der Waals surface area contributed by atoms with Gasteiger partial charge in [0, 0.05) is 34.9 Å². The first-order chi connectivity index (χ1) is 13.6. The molecule has 2 atom stereocenters. The van der Waals surface area contributed by atoms with E-state index in [0.717, 1.165) is 35.9 Å². The smallest absolute Gasteiger partial charge is 0.228 e. The number of nitrogens with zero attached hydrogens (tertiary/aromatic N) is 4. The fourth-order valence-corrected chi connectivity index (χ4v) is 4.12. The average Bonchev–Trinajstić information content (AvgIpc) is 3.19. The van der Waals surface area contributed by atoms with Crippen LogP contribution >= 0.6 is 15.9 Å². The summed E-state index contributed by atoms with van der Waals surface area (Å²) in [6.45, 7) is 4.08. The van der Waals surface area contributed by atoms with Gasteiger partial charge in [-0.15, -0.1) is 10.2 Å². The van der Waals surface area contributed by atoms with Gasteiger partial charge >= 0.3 is 0 Å². The van der Waals surface area contributed by atoms with E-state index in [4.69, 9.17) is 0 Å². The maximum absolute atomic E-state index is 10.3. The lowest BCUT2D eigenvalue weighted by Gasteiger charge is -2.36. The molecule has 3 heterocycles. The quantitative estimate of drug-likeness (QED) is 0.559. The van der Waals surface area contributed by atoms with E-state index in [1.165, 1.54) is 0 Å². The van der Waals surface area contributed by atoms with E-state index in [1.807, 2.05) is 41.8 Å². The molecule has 0 bridgehead atoms. The molecule has 0 amide bonds. The number of rotatable bonds is 5. The van der Waals surface area contributed by atoms with Gasteiger partial charge in [0.25, 0.3) is 0 Å². The molecular formula is C20H24BrN5O2. The lowest BCUT2D eigenvalue weighted by atomic mass is 10.0. The van der Waals surface area contributed by atoms with E-state index in [2.05, 4.69) is 36.3 Å². The number of nitrogens with one attached hydrogen (secondary N) is 1. The molecule has 8 heteroatoms. The van der Waals surface area contributed by atoms with E-state index in [1.54, 1.807) is 6.07 Å². The summed E-state index contributed by atoms with van der Waals surface area (Å²) in [6, 6.07) is 9.68. The Kier molecular flexibility index (Phi) is 5.52. The van der Waals surface area contributed by atoms with Crippen molar-refractivity contribution in [3.63, 3.8) is 0 Å². The number of piperidine rings is 1. The second kappa shape index (κ2) is 8.06. The van der Waals surface area contributed by atoms with Crippen molar-refractivity contribution in [2.45, 2.75) is 31.8 Å². The van der Waals surface area contributed by atoms with Crippen molar-refractivity contribution in [3.05, 3.63) is 41.0 Å². The lowest BCUT2D eigenvalue weighted by molar-refractivity contribution is 0.110. The number of aromatic nitrogens is 3. The summed E-state index contributed by atoms with van der Waals surface area (Å²) >= 11 is 3.37. The molecule has 0 aliphatic carbocycles. The number of aliphatic hydroxyl groups is 1. The highest BCUT2D eigenvalue weighted by Crippen LogP contribution is 2.33. The summed E-state index contributed by atoms with van der Waals surface area (Å²) in [5.74, 6) is 0.845. The van der Waals surface area contributed by atoms with Crippen LogP contribution in [0.25, 0.3) is 16.8 Å². The third-order valence-corrected chi connectivity index (χ3v) is 5.85. The van der Waals surface area contributed by atoms with Crippen LogP contribution < -0.4 is 5.32 Å². The van der Waals surface area contributed by atoms with Gasteiger partial charge in [-0.2, -0.15) is 0 Å². The van der Waals surface area contributed by atoms with Gasteiger partial charge in [-0.1, -0.05) is 15.9 Å². The molecule has 1 saturated heterocycles. The molecule has 28 heavy (non-hydrogen) atoms. The Balaban J connectivity index is 1.62. The summed E-state index contributed by atoms with van der Waals surface area (Å²) in [5, 5.41) is 32.1. The normalized spacial score (nSPS) is 19.0. The highest BCUT2D eigenvalue weighted by atomic mass is 79.9. The third-order valence-electron chi connectivity index (χ3n) is 5.35. The molecule has 1 fully saturated rings. The van der Waals surface area contributed by atoms with Gasteiger partial charge in [-0.25, -0.2) is 0 Å². The van der Waals surface area contributed by atoms with Crippen LogP contribution in [0.3, 0.4) is 0 Å². The minimum Gasteiger partial charge on any atom is -0.507 e. The predicted octanol–water partition coefficient (Wildman–Crippen LogP) is 3.12. The van der Waals surface area contributed by atoms with Crippen molar-refractivity contribution < 1.29 is 10.2 Å². The molecule has 148 valence electrons. The minimum atomic E-state index is 0.157. The van der Waals surface area contributed by atoms with Crippen molar-refractivity contribution in [1.82, 2.24) is 19.5 Å². The van der Waals surface area contributed by atoms with Crippen LogP contribution in [0.4, 0.5) is 5.95 Å². The van der Waals surface area contributed by atoms with Crippen LogP contribution in [0, 0.1) is 0 Å². The minimum absolute atomic E-state index is 0.157. The molecule has 3 N–H and O–H groups in total. The highest BCUT2D eigenvalue weighted by Gasteiger charge is 2.24. The maximum Gasteiger partial charge on any atom is 0.228 e. The largest absolute Gasteiger partial charge is 0.507 e. The van der Waals surface area contributed by atoms with Crippen LogP contribution in [0.2, 0.25) is 0 Å². The molecule has 1 aromatic carbocycles. The Labute approximate surface area is 172 Å². The van der Waals surface area contributed by atoms with E-state index in [-0.39, 0.29) is 24.4 Å². The van der Waals surface area contributed by atoms with Crippen LogP contribution in [-0.4, -0.2) is 61.5 Å². The lowest BCUT2D eigenvalue weighted by Crippen LogP contribution is -2.47. The van der Waals surface area contributed by atoms with Crippen LogP contribution in [0.1, 0.15) is 19.8 Å². The van der Waals surface area contributed by atoms with Gasteiger partial charge in [0.2, 0.25) is 5.95 Å². The van der Waals surface area contributed by atoms with E-state index in [9.17, 15) is 10.2 Å². The molecule has 0 saturated carbocycles. The van der Waals surface area contributed by atoms with Crippen LogP contribution in [-0.2, 0) is 0 Å². The molecule has 4 rings (SSSR count). The van der Waals surface area contributed by atoms with Crippen molar-refractivity contribution in [2.75, 3.05) is 25.0 Å². The van der Waals surface area contributed by atoms with Crippen molar-refractivity contribution in [1.29, 1.82) is 0 Å². The number of benzene rings is 1. The number of anilines is 1. The summed E-state index contributed by atoms with van der Waals surface area (Å²) in [4.78, 5) is 2.30. The highest BCUT2D eigenvalue weighted by molar-refractivity contribution is 9.10. The van der Waals surface area contributed by atoms with E-state index >= 15 is 0 Å². The average molecular weight is 446 g/mol.